The molecular weight excluding hydrogens is 415 g/mol. The van der Waals surface area contributed by atoms with Gasteiger partial charge in [0.1, 0.15) is 16.2 Å². The third-order valence-corrected chi connectivity index (χ3v) is 6.28. The molecule has 0 aromatic heterocycles. The summed E-state index contributed by atoms with van der Waals surface area (Å²) in [5.74, 6) is -1.83. The number of nitrogens with zero attached hydrogens (tertiary/aromatic N) is 2. The molecule has 0 aliphatic carbocycles. The van der Waals surface area contributed by atoms with Crippen LogP contribution in [0.15, 0.2) is 29.2 Å². The second-order valence-corrected chi connectivity index (χ2v) is 8.60. The number of amides is 2. The number of likely N-dealkylation sites (tertiary alicyclic amines) is 1. The molecule has 2 saturated heterocycles. The molecule has 0 saturated carbocycles. The summed E-state index contributed by atoms with van der Waals surface area (Å²) in [6.07, 6.45) is 4.22. The van der Waals surface area contributed by atoms with Crippen molar-refractivity contribution in [1.29, 1.82) is 0 Å². The van der Waals surface area contributed by atoms with Crippen LogP contribution in [0.4, 0.5) is 4.39 Å². The van der Waals surface area contributed by atoms with E-state index in [4.69, 9.17) is 12.2 Å². The predicted octanol–water partition coefficient (Wildman–Crippen LogP) is 3.27. The number of carbonyl (C=O) groups excluding carboxylic acids is 2. The Morgan fingerprint density at radius 3 is 2.86 bits per heavy atom. The number of thioether (sulfide) groups is 1. The standard InChI is InChI=1S/C20H21FN2O4S2/c21-14-6-3-5-13(11-14)12-16-18(25)23(20(28)29-16)10-4-8-17(24)22-9-2-1-7-15(22)19(26)27/h3,5-6,11-12,15H,1-2,4,7-10H2,(H,26,27). The molecule has 1 unspecified atom stereocenters. The van der Waals surface area contributed by atoms with Crippen LogP contribution in [-0.4, -0.2) is 56.1 Å². The zero-order valence-corrected chi connectivity index (χ0v) is 17.3. The van der Waals surface area contributed by atoms with Crippen molar-refractivity contribution in [3.05, 3.63) is 40.6 Å². The van der Waals surface area contributed by atoms with Crippen LogP contribution in [0.3, 0.4) is 0 Å². The minimum absolute atomic E-state index is 0.157. The Balaban J connectivity index is 1.56. The number of carbonyl (C=O) groups is 3. The lowest BCUT2D eigenvalue weighted by Gasteiger charge is -2.33. The van der Waals surface area contributed by atoms with E-state index in [1.165, 1.54) is 21.9 Å². The average molecular weight is 437 g/mol. The first kappa shape index (κ1) is 21.4. The largest absolute Gasteiger partial charge is 0.480 e. The summed E-state index contributed by atoms with van der Waals surface area (Å²) in [6, 6.07) is 5.17. The fraction of sp³-hybridized carbons (Fsp3) is 0.400. The Morgan fingerprint density at radius 2 is 2.14 bits per heavy atom. The lowest BCUT2D eigenvalue weighted by atomic mass is 10.0. The van der Waals surface area contributed by atoms with Gasteiger partial charge < -0.3 is 10.0 Å². The molecule has 0 spiro atoms. The number of carboxylic acids is 1. The summed E-state index contributed by atoms with van der Waals surface area (Å²) in [5.41, 5.74) is 0.575. The van der Waals surface area contributed by atoms with Crippen molar-refractivity contribution >= 4 is 52.2 Å². The first-order valence-electron chi connectivity index (χ1n) is 9.40. The Morgan fingerprint density at radius 1 is 1.34 bits per heavy atom. The molecule has 1 atom stereocenters. The van der Waals surface area contributed by atoms with E-state index in [1.807, 2.05) is 0 Å². The van der Waals surface area contributed by atoms with E-state index < -0.39 is 12.0 Å². The molecule has 1 N–H and O–H groups in total. The topological polar surface area (TPSA) is 77.9 Å². The van der Waals surface area contributed by atoms with Crippen LogP contribution in [0.2, 0.25) is 0 Å². The van der Waals surface area contributed by atoms with Crippen LogP contribution in [0, 0.1) is 5.82 Å². The highest BCUT2D eigenvalue weighted by atomic mass is 32.2. The zero-order valence-electron chi connectivity index (χ0n) is 15.7. The van der Waals surface area contributed by atoms with Crippen molar-refractivity contribution in [2.75, 3.05) is 13.1 Å². The fourth-order valence-electron chi connectivity index (χ4n) is 3.46. The number of hydrogen-bond donors (Lipinski definition) is 1. The maximum atomic E-state index is 13.3. The van der Waals surface area contributed by atoms with Crippen LogP contribution in [0.1, 0.15) is 37.7 Å². The fourth-order valence-corrected chi connectivity index (χ4v) is 4.77. The quantitative estimate of drug-likeness (QED) is 0.545. The third-order valence-electron chi connectivity index (χ3n) is 4.90. The first-order valence-corrected chi connectivity index (χ1v) is 10.6. The molecule has 2 aliphatic heterocycles. The van der Waals surface area contributed by atoms with Gasteiger partial charge >= 0.3 is 5.97 Å². The van der Waals surface area contributed by atoms with Crippen molar-refractivity contribution in [3.63, 3.8) is 0 Å². The highest BCUT2D eigenvalue weighted by Crippen LogP contribution is 2.33. The SMILES string of the molecule is O=C(O)C1CCCCN1C(=O)CCCN1C(=O)C(=Cc2cccc(F)c2)SC1=S. The summed E-state index contributed by atoms with van der Waals surface area (Å²) in [5, 5.41) is 9.30. The second kappa shape index (κ2) is 9.49. The molecule has 154 valence electrons. The van der Waals surface area contributed by atoms with E-state index >= 15 is 0 Å². The molecular formula is C20H21FN2O4S2. The van der Waals surface area contributed by atoms with Gasteiger partial charge in [-0.1, -0.05) is 36.1 Å². The zero-order chi connectivity index (χ0) is 21.0. The third kappa shape index (κ3) is 5.22. The van der Waals surface area contributed by atoms with Gasteiger partial charge in [-0.25, -0.2) is 9.18 Å². The molecule has 1 aromatic rings. The highest BCUT2D eigenvalue weighted by molar-refractivity contribution is 8.26. The predicted molar refractivity (Wildman–Crippen MR) is 113 cm³/mol. The molecule has 9 heteroatoms. The van der Waals surface area contributed by atoms with Gasteiger partial charge in [0.25, 0.3) is 5.91 Å². The Kier molecular flexibility index (Phi) is 7.02. The van der Waals surface area contributed by atoms with Crippen molar-refractivity contribution in [1.82, 2.24) is 9.80 Å². The van der Waals surface area contributed by atoms with Gasteiger partial charge in [0.05, 0.1) is 4.91 Å². The van der Waals surface area contributed by atoms with Crippen LogP contribution in [-0.2, 0) is 14.4 Å². The van der Waals surface area contributed by atoms with Gasteiger partial charge in [-0.2, -0.15) is 0 Å². The Bertz CT molecular complexity index is 874. The van der Waals surface area contributed by atoms with Gasteiger partial charge in [-0.15, -0.1) is 0 Å². The van der Waals surface area contributed by atoms with E-state index in [2.05, 4.69) is 0 Å². The second-order valence-electron chi connectivity index (χ2n) is 6.93. The summed E-state index contributed by atoms with van der Waals surface area (Å²) < 4.78 is 13.7. The lowest BCUT2D eigenvalue weighted by Crippen LogP contribution is -2.48. The van der Waals surface area contributed by atoms with E-state index in [-0.39, 0.29) is 30.6 Å². The molecule has 29 heavy (non-hydrogen) atoms. The normalized spacial score (nSPS) is 21.1. The summed E-state index contributed by atoms with van der Waals surface area (Å²) in [6.45, 7) is 0.732. The van der Waals surface area contributed by atoms with Gasteiger partial charge in [-0.05, 0) is 49.5 Å². The Labute approximate surface area is 177 Å². The van der Waals surface area contributed by atoms with Crippen molar-refractivity contribution in [2.24, 2.45) is 0 Å². The van der Waals surface area contributed by atoms with E-state index in [9.17, 15) is 23.9 Å². The van der Waals surface area contributed by atoms with Crippen LogP contribution >= 0.6 is 24.0 Å². The number of carboxylic acid groups (broad SMARTS) is 1. The molecule has 0 radical (unpaired) electrons. The molecule has 1 aromatic carbocycles. The highest BCUT2D eigenvalue weighted by Gasteiger charge is 2.33. The van der Waals surface area contributed by atoms with Crippen molar-refractivity contribution in [3.8, 4) is 0 Å². The maximum Gasteiger partial charge on any atom is 0.326 e. The van der Waals surface area contributed by atoms with Gasteiger partial charge in [0, 0.05) is 19.5 Å². The van der Waals surface area contributed by atoms with Crippen LogP contribution in [0.25, 0.3) is 6.08 Å². The minimum Gasteiger partial charge on any atom is -0.480 e. The number of piperidine rings is 1. The summed E-state index contributed by atoms with van der Waals surface area (Å²) >= 11 is 6.42. The molecule has 6 nitrogen and oxygen atoms in total. The number of aliphatic carboxylic acids is 1. The monoisotopic (exact) mass is 436 g/mol. The molecule has 0 bridgehead atoms. The molecule has 2 amide bonds. The van der Waals surface area contributed by atoms with Gasteiger partial charge in [0.2, 0.25) is 5.91 Å². The molecule has 2 heterocycles. The maximum absolute atomic E-state index is 13.3. The lowest BCUT2D eigenvalue weighted by molar-refractivity contribution is -0.152. The van der Waals surface area contributed by atoms with Crippen molar-refractivity contribution in [2.45, 2.75) is 38.1 Å². The van der Waals surface area contributed by atoms with E-state index in [0.717, 1.165) is 24.6 Å². The smallest absolute Gasteiger partial charge is 0.326 e. The molecule has 3 rings (SSSR count). The van der Waals surface area contributed by atoms with Crippen LogP contribution in [0.5, 0.6) is 0 Å². The van der Waals surface area contributed by atoms with Crippen LogP contribution < -0.4 is 0 Å². The number of benzene rings is 1. The number of hydrogen-bond acceptors (Lipinski definition) is 5. The molecule has 2 fully saturated rings. The number of halogens is 1. The van der Waals surface area contributed by atoms with E-state index in [1.54, 1.807) is 18.2 Å². The summed E-state index contributed by atoms with van der Waals surface area (Å²) in [4.78, 5) is 39.7. The Hall–Kier alpha value is -2.26. The van der Waals surface area contributed by atoms with Gasteiger partial charge in [-0.3, -0.25) is 14.5 Å². The average Bonchev–Trinajstić information content (AvgIpc) is 2.95. The van der Waals surface area contributed by atoms with Crippen molar-refractivity contribution < 1.29 is 23.9 Å². The van der Waals surface area contributed by atoms with Gasteiger partial charge in [0.15, 0.2) is 0 Å². The minimum atomic E-state index is -0.975. The number of rotatable bonds is 6. The number of thiocarbonyl (C=S) groups is 1. The summed E-state index contributed by atoms with van der Waals surface area (Å²) in [7, 11) is 0. The first-order chi connectivity index (χ1) is 13.9. The van der Waals surface area contributed by atoms with E-state index in [0.29, 0.717) is 34.2 Å². The molecule has 2 aliphatic rings.